The van der Waals surface area contributed by atoms with Crippen LogP contribution in [0.25, 0.3) is 0 Å². The van der Waals surface area contributed by atoms with Crippen molar-refractivity contribution in [2.75, 3.05) is 19.5 Å². The first-order chi connectivity index (χ1) is 8.15. The number of hydrogen-bond donors (Lipinski definition) is 2. The lowest BCUT2D eigenvalue weighted by Gasteiger charge is -2.15. The summed E-state index contributed by atoms with van der Waals surface area (Å²) >= 11 is 0. The predicted molar refractivity (Wildman–Crippen MR) is 75.9 cm³/mol. The number of halogens is 1. The van der Waals surface area contributed by atoms with Gasteiger partial charge in [-0.05, 0) is 24.1 Å². The largest absolute Gasteiger partial charge is 0.399 e. The fourth-order valence-electron chi connectivity index (χ4n) is 1.56. The van der Waals surface area contributed by atoms with Gasteiger partial charge >= 0.3 is 0 Å². The van der Waals surface area contributed by atoms with Crippen LogP contribution in [-0.2, 0) is 16.0 Å². The first-order valence-electron chi connectivity index (χ1n) is 5.78. The summed E-state index contributed by atoms with van der Waals surface area (Å²) in [5, 5.41) is 2.94. The average molecular weight is 273 g/mol. The maximum absolute atomic E-state index is 11.7. The molecule has 1 rings (SSSR count). The molecule has 3 N–H and O–H groups in total. The Morgan fingerprint density at radius 1 is 1.39 bits per heavy atom. The summed E-state index contributed by atoms with van der Waals surface area (Å²) in [5.41, 5.74) is 7.25. The van der Waals surface area contributed by atoms with E-state index in [0.717, 1.165) is 12.0 Å². The Labute approximate surface area is 114 Å². The van der Waals surface area contributed by atoms with Crippen LogP contribution in [0.3, 0.4) is 0 Å². The molecule has 1 unspecified atom stereocenters. The Hall–Kier alpha value is -1.26. The van der Waals surface area contributed by atoms with Crippen molar-refractivity contribution in [2.45, 2.75) is 25.8 Å². The van der Waals surface area contributed by atoms with E-state index in [1.807, 2.05) is 19.1 Å². The fourth-order valence-corrected chi connectivity index (χ4v) is 1.56. The van der Waals surface area contributed by atoms with E-state index in [0.29, 0.717) is 18.7 Å². The standard InChI is InChI=1S/C13H20N2O2.ClH/c1-3-12(9-17-2)15-13(16)8-10-4-6-11(14)7-5-10;/h4-7,12H,3,8-9,14H2,1-2H3,(H,15,16);1H. The summed E-state index contributed by atoms with van der Waals surface area (Å²) in [6.45, 7) is 2.57. The van der Waals surface area contributed by atoms with Crippen molar-refractivity contribution in [3.8, 4) is 0 Å². The molecule has 0 aliphatic carbocycles. The number of carbonyl (C=O) groups is 1. The highest BCUT2D eigenvalue weighted by molar-refractivity contribution is 5.85. The molecule has 0 aliphatic heterocycles. The van der Waals surface area contributed by atoms with Crippen LogP contribution >= 0.6 is 12.4 Å². The lowest BCUT2D eigenvalue weighted by Crippen LogP contribution is -2.38. The van der Waals surface area contributed by atoms with Crippen LogP contribution in [0.15, 0.2) is 24.3 Å². The Kier molecular flexibility index (Phi) is 8.16. The summed E-state index contributed by atoms with van der Waals surface area (Å²) < 4.78 is 5.03. The van der Waals surface area contributed by atoms with E-state index in [1.165, 1.54) is 0 Å². The lowest BCUT2D eigenvalue weighted by molar-refractivity contribution is -0.121. The van der Waals surface area contributed by atoms with Gasteiger partial charge in [0.15, 0.2) is 0 Å². The van der Waals surface area contributed by atoms with Gasteiger partial charge in [0, 0.05) is 12.8 Å². The van der Waals surface area contributed by atoms with Crippen LogP contribution in [0.5, 0.6) is 0 Å². The van der Waals surface area contributed by atoms with Gasteiger partial charge in [0.2, 0.25) is 5.91 Å². The highest BCUT2D eigenvalue weighted by atomic mass is 35.5. The maximum Gasteiger partial charge on any atom is 0.224 e. The topological polar surface area (TPSA) is 64.3 Å². The molecule has 0 fully saturated rings. The molecule has 1 atom stereocenters. The molecule has 0 radical (unpaired) electrons. The number of ether oxygens (including phenoxy) is 1. The highest BCUT2D eigenvalue weighted by Crippen LogP contribution is 2.06. The SMILES string of the molecule is CCC(COC)NC(=O)Cc1ccc(N)cc1.Cl. The summed E-state index contributed by atoms with van der Waals surface area (Å²) in [5.74, 6) is 0.0127. The van der Waals surface area contributed by atoms with Crippen molar-refractivity contribution >= 4 is 24.0 Å². The number of nitrogens with one attached hydrogen (secondary N) is 1. The van der Waals surface area contributed by atoms with Gasteiger partial charge in [-0.25, -0.2) is 0 Å². The molecule has 4 nitrogen and oxygen atoms in total. The fraction of sp³-hybridized carbons (Fsp3) is 0.462. The Morgan fingerprint density at radius 2 is 2.00 bits per heavy atom. The number of rotatable bonds is 6. The number of carbonyl (C=O) groups excluding carboxylic acids is 1. The van der Waals surface area contributed by atoms with Crippen molar-refractivity contribution < 1.29 is 9.53 Å². The van der Waals surface area contributed by atoms with E-state index in [1.54, 1.807) is 19.2 Å². The minimum atomic E-state index is 0. The minimum Gasteiger partial charge on any atom is -0.399 e. The number of nitrogen functional groups attached to an aromatic ring is 1. The highest BCUT2D eigenvalue weighted by Gasteiger charge is 2.10. The number of hydrogen-bond acceptors (Lipinski definition) is 3. The van der Waals surface area contributed by atoms with Crippen LogP contribution in [0, 0.1) is 0 Å². The summed E-state index contributed by atoms with van der Waals surface area (Å²) in [4.78, 5) is 11.7. The molecule has 0 saturated heterocycles. The molecule has 0 heterocycles. The van der Waals surface area contributed by atoms with E-state index in [2.05, 4.69) is 5.32 Å². The first-order valence-corrected chi connectivity index (χ1v) is 5.78. The molecule has 102 valence electrons. The molecule has 0 bridgehead atoms. The second kappa shape index (κ2) is 8.78. The predicted octanol–water partition coefficient (Wildman–Crippen LogP) is 1.77. The number of benzene rings is 1. The molecule has 0 saturated carbocycles. The van der Waals surface area contributed by atoms with Gasteiger partial charge in [-0.2, -0.15) is 0 Å². The molecule has 0 aliphatic rings. The van der Waals surface area contributed by atoms with Crippen molar-refractivity contribution in [1.82, 2.24) is 5.32 Å². The number of nitrogens with two attached hydrogens (primary N) is 1. The van der Waals surface area contributed by atoms with Crippen LogP contribution in [0.1, 0.15) is 18.9 Å². The third-order valence-electron chi connectivity index (χ3n) is 2.57. The van der Waals surface area contributed by atoms with Gasteiger partial charge in [0.05, 0.1) is 19.1 Å². The van der Waals surface area contributed by atoms with Crippen LogP contribution in [-0.4, -0.2) is 25.7 Å². The molecule has 0 aromatic heterocycles. The van der Waals surface area contributed by atoms with Gasteiger partial charge < -0.3 is 15.8 Å². The smallest absolute Gasteiger partial charge is 0.224 e. The Bertz CT molecular complexity index is 355. The third-order valence-corrected chi connectivity index (χ3v) is 2.57. The molecule has 1 aromatic rings. The summed E-state index contributed by atoms with van der Waals surface area (Å²) in [6, 6.07) is 7.42. The van der Waals surface area contributed by atoms with Crippen LogP contribution in [0.2, 0.25) is 0 Å². The van der Waals surface area contributed by atoms with Gasteiger partial charge in [-0.15, -0.1) is 12.4 Å². The van der Waals surface area contributed by atoms with Crippen molar-refractivity contribution in [3.05, 3.63) is 29.8 Å². The third kappa shape index (κ3) is 5.89. The molecule has 18 heavy (non-hydrogen) atoms. The monoisotopic (exact) mass is 272 g/mol. The van der Waals surface area contributed by atoms with Crippen LogP contribution in [0.4, 0.5) is 5.69 Å². The Morgan fingerprint density at radius 3 is 2.50 bits per heavy atom. The van der Waals surface area contributed by atoms with Gasteiger partial charge in [-0.1, -0.05) is 19.1 Å². The molecule has 5 heteroatoms. The minimum absolute atomic E-state index is 0. The first kappa shape index (κ1) is 16.7. The van der Waals surface area contributed by atoms with Crippen molar-refractivity contribution in [1.29, 1.82) is 0 Å². The van der Waals surface area contributed by atoms with E-state index in [4.69, 9.17) is 10.5 Å². The zero-order chi connectivity index (χ0) is 12.7. The molecule has 1 aromatic carbocycles. The number of anilines is 1. The Balaban J connectivity index is 0.00000289. The van der Waals surface area contributed by atoms with Crippen molar-refractivity contribution in [3.63, 3.8) is 0 Å². The summed E-state index contributed by atoms with van der Waals surface area (Å²) in [6.07, 6.45) is 1.24. The van der Waals surface area contributed by atoms with Gasteiger partial charge in [0.25, 0.3) is 0 Å². The van der Waals surface area contributed by atoms with Gasteiger partial charge in [-0.3, -0.25) is 4.79 Å². The number of methoxy groups -OCH3 is 1. The average Bonchev–Trinajstić information content (AvgIpc) is 2.31. The lowest BCUT2D eigenvalue weighted by atomic mass is 10.1. The maximum atomic E-state index is 11.7. The zero-order valence-corrected chi connectivity index (χ0v) is 11.6. The van der Waals surface area contributed by atoms with Crippen LogP contribution < -0.4 is 11.1 Å². The number of amides is 1. The van der Waals surface area contributed by atoms with E-state index < -0.39 is 0 Å². The molecule has 0 spiro atoms. The van der Waals surface area contributed by atoms with E-state index in [9.17, 15) is 4.79 Å². The second-order valence-corrected chi connectivity index (χ2v) is 4.05. The van der Waals surface area contributed by atoms with Gasteiger partial charge in [0.1, 0.15) is 0 Å². The van der Waals surface area contributed by atoms with Crippen molar-refractivity contribution in [2.24, 2.45) is 0 Å². The summed E-state index contributed by atoms with van der Waals surface area (Å²) in [7, 11) is 1.63. The zero-order valence-electron chi connectivity index (χ0n) is 10.8. The molecule has 1 amide bonds. The van der Waals surface area contributed by atoms with E-state index >= 15 is 0 Å². The molecular weight excluding hydrogens is 252 g/mol. The second-order valence-electron chi connectivity index (χ2n) is 4.05. The quantitative estimate of drug-likeness (QED) is 0.776. The molecular formula is C13H21ClN2O2. The normalized spacial score (nSPS) is 11.4. The van der Waals surface area contributed by atoms with E-state index in [-0.39, 0.29) is 24.4 Å².